The van der Waals surface area contributed by atoms with E-state index in [-0.39, 0.29) is 30.2 Å². The topological polar surface area (TPSA) is 158 Å². The summed E-state index contributed by atoms with van der Waals surface area (Å²) in [5.74, 6) is 5.08. The third kappa shape index (κ3) is 7.85. The molecule has 1 N–H and O–H groups in total. The number of hydrogen-bond acceptors (Lipinski definition) is 8. The van der Waals surface area contributed by atoms with Crippen LogP contribution in [-0.2, 0) is 23.4 Å². The van der Waals surface area contributed by atoms with Crippen molar-refractivity contribution < 1.29 is 23.4 Å². The molecule has 0 aliphatic carbocycles. The molecule has 0 saturated carbocycles. The average Bonchev–Trinajstić information content (AvgIpc) is 3.42. The van der Waals surface area contributed by atoms with Crippen molar-refractivity contribution in [3.05, 3.63) is 104 Å². The highest BCUT2D eigenvalue weighted by Gasteiger charge is 2.51. The van der Waals surface area contributed by atoms with E-state index in [1.165, 1.54) is 17.7 Å². The summed E-state index contributed by atoms with van der Waals surface area (Å²) in [7, 11) is -3.00. The zero-order valence-corrected chi connectivity index (χ0v) is 27.6. The van der Waals surface area contributed by atoms with Crippen molar-refractivity contribution in [1.29, 1.82) is 0 Å². The van der Waals surface area contributed by atoms with Crippen LogP contribution in [0.4, 0.5) is 0 Å². The Kier molecular flexibility index (Phi) is 11.4. The number of aromatic nitrogens is 2. The molecule has 46 heavy (non-hydrogen) atoms. The second kappa shape index (κ2) is 15.2. The van der Waals surface area contributed by atoms with Crippen LogP contribution in [0.3, 0.4) is 0 Å². The van der Waals surface area contributed by atoms with Crippen molar-refractivity contribution in [3.63, 3.8) is 0 Å². The minimum Gasteiger partial charge on any atom is -0.463 e. The summed E-state index contributed by atoms with van der Waals surface area (Å²) < 4.78 is 26.1. The Morgan fingerprint density at radius 3 is 2.33 bits per heavy atom. The van der Waals surface area contributed by atoms with Crippen LogP contribution in [0.25, 0.3) is 10.4 Å². The highest BCUT2D eigenvalue weighted by Crippen LogP contribution is 2.38. The van der Waals surface area contributed by atoms with Gasteiger partial charge in [-0.1, -0.05) is 105 Å². The number of azide groups is 1. The molecule has 2 aromatic carbocycles. The van der Waals surface area contributed by atoms with Gasteiger partial charge in [0.05, 0.1) is 12.7 Å². The largest absolute Gasteiger partial charge is 0.463 e. The van der Waals surface area contributed by atoms with E-state index in [0.717, 1.165) is 10.4 Å². The standard InChI is InChI=1S/C33H39N5O7Si/c1-6-7-14-24-20-38(32(41)35-31(24)40)30-19-27(44-29(36-37-34)22-42-23(2)39)28(45-30)21-43-46(33(3,4)5,25-15-10-8-11-16-25)26-17-12-9-13-18-26/h8-13,15-18,20,27-30H,6,19,21-22H2,1-5H3,(H,35,40,41)/t27?,28-,29?,30-/m1/s1. The van der Waals surface area contributed by atoms with Gasteiger partial charge in [-0.25, -0.2) is 4.79 Å². The lowest BCUT2D eigenvalue weighted by molar-refractivity contribution is -0.148. The van der Waals surface area contributed by atoms with E-state index in [9.17, 15) is 19.9 Å². The van der Waals surface area contributed by atoms with Gasteiger partial charge in [-0.15, -0.1) is 0 Å². The molecule has 2 unspecified atom stereocenters. The summed E-state index contributed by atoms with van der Waals surface area (Å²) in [5, 5.41) is 5.48. The van der Waals surface area contributed by atoms with E-state index in [1.807, 2.05) is 43.3 Å². The van der Waals surface area contributed by atoms with Gasteiger partial charge in [-0.2, -0.15) is 0 Å². The van der Waals surface area contributed by atoms with Crippen LogP contribution in [0.15, 0.2) is 81.6 Å². The summed E-state index contributed by atoms with van der Waals surface area (Å²) in [4.78, 5) is 42.1. The second-order valence-electron chi connectivity index (χ2n) is 11.8. The molecule has 0 amide bonds. The van der Waals surface area contributed by atoms with Gasteiger partial charge in [-0.05, 0) is 20.9 Å². The molecular formula is C33H39N5O7Si. The van der Waals surface area contributed by atoms with E-state index in [2.05, 4.69) is 71.9 Å². The molecule has 1 fully saturated rings. The van der Waals surface area contributed by atoms with Crippen molar-refractivity contribution in [2.75, 3.05) is 13.2 Å². The number of H-pyrrole nitrogens is 1. The quantitative estimate of drug-likeness (QED) is 0.0831. The third-order valence-electron chi connectivity index (χ3n) is 7.68. The van der Waals surface area contributed by atoms with Gasteiger partial charge < -0.3 is 18.6 Å². The van der Waals surface area contributed by atoms with E-state index >= 15 is 0 Å². The first-order valence-electron chi connectivity index (χ1n) is 15.1. The number of nitrogens with zero attached hydrogens (tertiary/aromatic N) is 4. The lowest BCUT2D eigenvalue weighted by Gasteiger charge is -2.43. The first kappa shape index (κ1) is 34.4. The lowest BCUT2D eigenvalue weighted by atomic mass is 10.2. The highest BCUT2D eigenvalue weighted by atomic mass is 28.4. The zero-order chi connectivity index (χ0) is 33.3. The number of carbonyl (C=O) groups excluding carboxylic acids is 1. The van der Waals surface area contributed by atoms with Crippen molar-refractivity contribution >= 4 is 24.7 Å². The molecule has 4 rings (SSSR count). The Balaban J connectivity index is 1.75. The van der Waals surface area contributed by atoms with Gasteiger partial charge >= 0.3 is 11.7 Å². The Morgan fingerprint density at radius 2 is 1.78 bits per heavy atom. The Labute approximate surface area is 268 Å². The van der Waals surface area contributed by atoms with Crippen molar-refractivity contribution in [2.24, 2.45) is 5.11 Å². The average molecular weight is 646 g/mol. The molecule has 0 radical (unpaired) electrons. The van der Waals surface area contributed by atoms with Crippen molar-refractivity contribution in [2.45, 2.75) is 77.2 Å². The third-order valence-corrected chi connectivity index (χ3v) is 12.7. The zero-order valence-electron chi connectivity index (χ0n) is 26.6. The first-order chi connectivity index (χ1) is 22.0. The lowest BCUT2D eigenvalue weighted by Crippen LogP contribution is -2.67. The van der Waals surface area contributed by atoms with Crippen LogP contribution in [0.5, 0.6) is 0 Å². The number of ether oxygens (including phenoxy) is 3. The molecule has 0 spiro atoms. The predicted molar refractivity (Wildman–Crippen MR) is 175 cm³/mol. The van der Waals surface area contributed by atoms with E-state index in [4.69, 9.17) is 18.6 Å². The number of rotatable bonds is 11. The molecule has 1 aliphatic rings. The minimum absolute atomic E-state index is 0.0611. The summed E-state index contributed by atoms with van der Waals surface area (Å²) in [6.45, 7) is 9.31. The van der Waals surface area contributed by atoms with E-state index in [1.54, 1.807) is 0 Å². The van der Waals surface area contributed by atoms with Crippen LogP contribution in [0.2, 0.25) is 5.04 Å². The van der Waals surface area contributed by atoms with Gasteiger partial charge in [-0.3, -0.25) is 19.1 Å². The van der Waals surface area contributed by atoms with Gasteiger partial charge in [0.1, 0.15) is 24.5 Å². The van der Waals surface area contributed by atoms with Crippen LogP contribution in [0, 0.1) is 11.8 Å². The normalized spacial score (nSPS) is 18.6. The molecule has 242 valence electrons. The van der Waals surface area contributed by atoms with Gasteiger partial charge in [0.15, 0.2) is 6.23 Å². The van der Waals surface area contributed by atoms with E-state index < -0.39 is 50.2 Å². The molecule has 1 saturated heterocycles. The Bertz CT molecular complexity index is 1680. The molecule has 0 bridgehead atoms. The maximum absolute atomic E-state index is 13.0. The maximum Gasteiger partial charge on any atom is 0.330 e. The fraction of sp³-hybridized carbons (Fsp3) is 0.424. The SMILES string of the molecule is CCC#Cc1cn([C@H]2CC(OC(COC(C)=O)N=[N+]=[N-])[C@@H](CO[Si](c3ccccc3)(c3ccccc3)C(C)(C)C)O2)c(=O)[nH]c1=O. The molecule has 3 aromatic rings. The Morgan fingerprint density at radius 1 is 1.15 bits per heavy atom. The number of carbonyl (C=O) groups is 1. The molecule has 2 heterocycles. The molecule has 1 aromatic heterocycles. The van der Waals surface area contributed by atoms with Crippen LogP contribution in [-0.4, -0.2) is 55.5 Å². The van der Waals surface area contributed by atoms with Gasteiger partial charge in [0.25, 0.3) is 13.9 Å². The minimum atomic E-state index is -3.00. The van der Waals surface area contributed by atoms with Gasteiger partial charge in [0, 0.05) is 30.9 Å². The molecule has 4 atom stereocenters. The monoisotopic (exact) mass is 645 g/mol. The number of aromatic amines is 1. The Hall–Kier alpha value is -4.44. The first-order valence-corrected chi connectivity index (χ1v) is 17.0. The van der Waals surface area contributed by atoms with Crippen LogP contribution in [0.1, 0.15) is 59.3 Å². The summed E-state index contributed by atoms with van der Waals surface area (Å²) in [6, 6.07) is 20.2. The highest BCUT2D eigenvalue weighted by molar-refractivity contribution is 6.99. The van der Waals surface area contributed by atoms with Crippen LogP contribution < -0.4 is 21.6 Å². The van der Waals surface area contributed by atoms with Crippen LogP contribution >= 0.6 is 0 Å². The molecular weight excluding hydrogens is 606 g/mol. The molecule has 12 nitrogen and oxygen atoms in total. The number of hydrogen-bond donors (Lipinski definition) is 1. The summed E-state index contributed by atoms with van der Waals surface area (Å²) >= 11 is 0. The number of benzene rings is 2. The summed E-state index contributed by atoms with van der Waals surface area (Å²) in [6.07, 6.45) is -1.49. The smallest absolute Gasteiger partial charge is 0.330 e. The number of nitrogens with one attached hydrogen (secondary N) is 1. The second-order valence-corrected chi connectivity index (χ2v) is 16.1. The number of esters is 1. The van der Waals surface area contributed by atoms with Crippen molar-refractivity contribution in [3.8, 4) is 11.8 Å². The van der Waals surface area contributed by atoms with Crippen molar-refractivity contribution in [1.82, 2.24) is 9.55 Å². The fourth-order valence-electron chi connectivity index (χ4n) is 5.65. The molecule has 13 heteroatoms. The fourth-order valence-corrected chi connectivity index (χ4v) is 10.2. The maximum atomic E-state index is 13.0. The van der Waals surface area contributed by atoms with E-state index in [0.29, 0.717) is 6.42 Å². The predicted octanol–water partition coefficient (Wildman–Crippen LogP) is 3.75. The molecule has 1 aliphatic heterocycles. The summed E-state index contributed by atoms with van der Waals surface area (Å²) in [5.41, 5.74) is 8.04. The van der Waals surface area contributed by atoms with Gasteiger partial charge in [0.2, 0.25) is 0 Å².